The monoisotopic (exact) mass is 453 g/mol. The summed E-state index contributed by atoms with van der Waals surface area (Å²) in [6.07, 6.45) is 6.19. The Balaban J connectivity index is 1.32. The van der Waals surface area contributed by atoms with Gasteiger partial charge in [0.1, 0.15) is 11.6 Å². The van der Waals surface area contributed by atoms with E-state index in [1.807, 2.05) is 24.3 Å². The van der Waals surface area contributed by atoms with Crippen molar-refractivity contribution >= 4 is 23.6 Å². The van der Waals surface area contributed by atoms with Crippen LogP contribution in [0.2, 0.25) is 5.15 Å². The summed E-state index contributed by atoms with van der Waals surface area (Å²) in [6, 6.07) is 14.6. The van der Waals surface area contributed by atoms with Gasteiger partial charge in [-0.2, -0.15) is 0 Å². The Morgan fingerprint density at radius 2 is 2.00 bits per heavy atom. The molecule has 1 atom stereocenters. The van der Waals surface area contributed by atoms with Crippen molar-refractivity contribution in [1.82, 2.24) is 15.4 Å². The Kier molecular flexibility index (Phi) is 7.21. The minimum absolute atomic E-state index is 0.196. The number of halogens is 1. The molecule has 1 aromatic heterocycles. The standard InChI is InChI=1S/C24H24ClN3O4/c25-24-23(18-9-11-19(29)12-10-18)26-20(27-24)15-17-6-4-16(5-7-17)8-13-21(30)28-32-22-3-1-2-14-31-22/h4-13,22,29H,1-3,14-15H2,(H,26,27)(H,28,30)/b13-8+. The Morgan fingerprint density at radius 3 is 2.72 bits per heavy atom. The topological polar surface area (TPSA) is 96.5 Å². The van der Waals surface area contributed by atoms with Gasteiger partial charge in [-0.05, 0) is 54.3 Å². The molecule has 3 N–H and O–H groups in total. The molecule has 1 unspecified atom stereocenters. The summed E-state index contributed by atoms with van der Waals surface area (Å²) in [5.74, 6) is 0.597. The molecule has 1 fully saturated rings. The van der Waals surface area contributed by atoms with E-state index in [-0.39, 0.29) is 17.9 Å². The Hall–Kier alpha value is -3.13. The molecule has 0 aliphatic carbocycles. The molecular formula is C24H24ClN3O4. The van der Waals surface area contributed by atoms with Crippen LogP contribution in [0.15, 0.2) is 54.6 Å². The third-order valence-corrected chi connectivity index (χ3v) is 5.35. The lowest BCUT2D eigenvalue weighted by Crippen LogP contribution is -2.32. The number of ether oxygens (including phenoxy) is 1. The lowest BCUT2D eigenvalue weighted by Gasteiger charge is -2.21. The molecule has 4 rings (SSSR count). The first kappa shape index (κ1) is 22.1. The molecule has 166 valence electrons. The van der Waals surface area contributed by atoms with E-state index in [9.17, 15) is 9.90 Å². The highest BCUT2D eigenvalue weighted by Gasteiger charge is 2.15. The number of carbonyl (C=O) groups excluding carboxylic acids is 1. The first-order chi connectivity index (χ1) is 15.6. The van der Waals surface area contributed by atoms with E-state index >= 15 is 0 Å². The molecule has 0 radical (unpaired) electrons. The highest BCUT2D eigenvalue weighted by molar-refractivity contribution is 6.31. The zero-order valence-corrected chi connectivity index (χ0v) is 18.1. The summed E-state index contributed by atoms with van der Waals surface area (Å²) in [5, 5.41) is 9.83. The smallest absolute Gasteiger partial charge is 0.267 e. The van der Waals surface area contributed by atoms with Crippen LogP contribution >= 0.6 is 11.6 Å². The van der Waals surface area contributed by atoms with Crippen molar-refractivity contribution in [3.8, 4) is 17.0 Å². The number of hydrogen-bond acceptors (Lipinski definition) is 5. The third-order valence-electron chi connectivity index (χ3n) is 5.07. The number of H-pyrrole nitrogens is 1. The van der Waals surface area contributed by atoms with Crippen molar-refractivity contribution < 1.29 is 19.5 Å². The number of nitrogens with zero attached hydrogens (tertiary/aromatic N) is 1. The maximum Gasteiger partial charge on any atom is 0.267 e. The van der Waals surface area contributed by atoms with Crippen LogP contribution in [0.25, 0.3) is 17.3 Å². The van der Waals surface area contributed by atoms with E-state index in [0.717, 1.165) is 41.8 Å². The zero-order chi connectivity index (χ0) is 22.3. The van der Waals surface area contributed by atoms with Gasteiger partial charge in [0, 0.05) is 31.1 Å². The van der Waals surface area contributed by atoms with Gasteiger partial charge in [0.25, 0.3) is 5.91 Å². The van der Waals surface area contributed by atoms with E-state index in [1.165, 1.54) is 6.08 Å². The van der Waals surface area contributed by atoms with Crippen LogP contribution in [-0.2, 0) is 20.8 Å². The van der Waals surface area contributed by atoms with Gasteiger partial charge in [-0.1, -0.05) is 35.9 Å². The van der Waals surface area contributed by atoms with Gasteiger partial charge in [0.2, 0.25) is 0 Å². The summed E-state index contributed by atoms with van der Waals surface area (Å²) in [6.45, 7) is 0.658. The van der Waals surface area contributed by atoms with E-state index in [2.05, 4.69) is 15.4 Å². The maximum absolute atomic E-state index is 11.9. The number of hydroxylamine groups is 1. The number of amides is 1. The molecule has 1 aliphatic heterocycles. The SMILES string of the molecule is O=C(/C=C/c1ccc(Cc2nc(Cl)c(-c3ccc(O)cc3)[nH]2)cc1)NOC1CCCCO1. The quantitative estimate of drug-likeness (QED) is 0.358. The molecular weight excluding hydrogens is 430 g/mol. The van der Waals surface area contributed by atoms with Gasteiger partial charge < -0.3 is 14.8 Å². The number of aromatic amines is 1. The number of hydrogen-bond donors (Lipinski definition) is 3. The number of nitrogens with one attached hydrogen (secondary N) is 2. The minimum Gasteiger partial charge on any atom is -0.508 e. The van der Waals surface area contributed by atoms with Gasteiger partial charge in [0.05, 0.1) is 5.69 Å². The second kappa shape index (κ2) is 10.5. The third kappa shape index (κ3) is 5.97. The van der Waals surface area contributed by atoms with Crippen LogP contribution in [0.4, 0.5) is 0 Å². The molecule has 0 spiro atoms. The summed E-state index contributed by atoms with van der Waals surface area (Å²) in [4.78, 5) is 24.8. The molecule has 1 saturated heterocycles. The fraction of sp³-hybridized carbons (Fsp3) is 0.250. The van der Waals surface area contributed by atoms with Crippen LogP contribution in [0.1, 0.15) is 36.2 Å². The highest BCUT2D eigenvalue weighted by Crippen LogP contribution is 2.27. The average Bonchev–Trinajstić information content (AvgIpc) is 3.18. The number of carbonyl (C=O) groups is 1. The van der Waals surface area contributed by atoms with Gasteiger partial charge in [-0.3, -0.25) is 4.79 Å². The number of aromatic hydroxyl groups is 1. The molecule has 1 amide bonds. The minimum atomic E-state index is -0.370. The van der Waals surface area contributed by atoms with Crippen molar-refractivity contribution in [1.29, 1.82) is 0 Å². The fourth-order valence-electron chi connectivity index (χ4n) is 3.38. The van der Waals surface area contributed by atoms with Crippen molar-refractivity contribution in [3.63, 3.8) is 0 Å². The molecule has 8 heteroatoms. The van der Waals surface area contributed by atoms with Gasteiger partial charge in [-0.25, -0.2) is 15.3 Å². The van der Waals surface area contributed by atoms with Crippen molar-refractivity contribution in [2.45, 2.75) is 32.0 Å². The van der Waals surface area contributed by atoms with Crippen LogP contribution in [0.3, 0.4) is 0 Å². The summed E-state index contributed by atoms with van der Waals surface area (Å²) in [7, 11) is 0. The fourth-order valence-corrected chi connectivity index (χ4v) is 3.63. The number of phenolic OH excluding ortho intramolecular Hbond substituents is 1. The summed E-state index contributed by atoms with van der Waals surface area (Å²) < 4.78 is 5.40. The number of benzene rings is 2. The average molecular weight is 454 g/mol. The van der Waals surface area contributed by atoms with Gasteiger partial charge >= 0.3 is 0 Å². The molecule has 1 aliphatic rings. The molecule has 0 saturated carbocycles. The van der Waals surface area contributed by atoms with Gasteiger partial charge in [0.15, 0.2) is 11.4 Å². The number of phenols is 1. The normalized spacial score (nSPS) is 16.3. The van der Waals surface area contributed by atoms with Crippen molar-refractivity contribution in [2.24, 2.45) is 0 Å². The van der Waals surface area contributed by atoms with Crippen LogP contribution in [0.5, 0.6) is 5.75 Å². The molecule has 2 aromatic carbocycles. The predicted molar refractivity (Wildman–Crippen MR) is 122 cm³/mol. The number of rotatable bonds is 7. The van der Waals surface area contributed by atoms with Crippen LogP contribution in [-0.4, -0.2) is 33.9 Å². The van der Waals surface area contributed by atoms with Gasteiger partial charge in [-0.15, -0.1) is 0 Å². The molecule has 2 heterocycles. The second-order valence-electron chi connectivity index (χ2n) is 7.53. The van der Waals surface area contributed by atoms with E-state index < -0.39 is 0 Å². The summed E-state index contributed by atoms with van der Waals surface area (Å²) >= 11 is 6.29. The number of imidazole rings is 1. The predicted octanol–water partition coefficient (Wildman–Crippen LogP) is 4.61. The lowest BCUT2D eigenvalue weighted by atomic mass is 10.1. The van der Waals surface area contributed by atoms with E-state index in [1.54, 1.807) is 30.3 Å². The Morgan fingerprint density at radius 1 is 1.22 bits per heavy atom. The van der Waals surface area contributed by atoms with Crippen LogP contribution < -0.4 is 5.48 Å². The van der Waals surface area contributed by atoms with E-state index in [4.69, 9.17) is 21.2 Å². The number of aromatic nitrogens is 2. The van der Waals surface area contributed by atoms with Crippen LogP contribution in [0, 0.1) is 0 Å². The first-order valence-electron chi connectivity index (χ1n) is 10.4. The Labute approximate surface area is 191 Å². The van der Waals surface area contributed by atoms with Crippen molar-refractivity contribution in [3.05, 3.63) is 76.7 Å². The van der Waals surface area contributed by atoms with Crippen molar-refractivity contribution in [2.75, 3.05) is 6.61 Å². The maximum atomic E-state index is 11.9. The lowest BCUT2D eigenvalue weighted by molar-refractivity contribution is -0.198. The second-order valence-corrected chi connectivity index (χ2v) is 7.89. The molecule has 0 bridgehead atoms. The molecule has 32 heavy (non-hydrogen) atoms. The summed E-state index contributed by atoms with van der Waals surface area (Å²) in [5.41, 5.74) is 5.91. The highest BCUT2D eigenvalue weighted by atomic mass is 35.5. The largest absolute Gasteiger partial charge is 0.508 e. The molecule has 3 aromatic rings. The van der Waals surface area contributed by atoms with E-state index in [0.29, 0.717) is 23.9 Å². The zero-order valence-electron chi connectivity index (χ0n) is 17.4. The Bertz CT molecular complexity index is 1070. The molecule has 7 nitrogen and oxygen atoms in total. The first-order valence-corrected chi connectivity index (χ1v) is 10.8.